The van der Waals surface area contributed by atoms with Crippen molar-refractivity contribution in [1.82, 2.24) is 0 Å². The maximum Gasteiger partial charge on any atom is 0.249 e. The van der Waals surface area contributed by atoms with Crippen LogP contribution in [0.2, 0.25) is 0 Å². The highest BCUT2D eigenvalue weighted by Gasteiger charge is 2.17. The zero-order chi connectivity index (χ0) is 13.9. The number of benzene rings is 1. The lowest BCUT2D eigenvalue weighted by atomic mass is 9.92. The molecule has 0 bridgehead atoms. The third kappa shape index (κ3) is 2.66. The normalized spacial score (nSPS) is 9.67. The zero-order valence-electron chi connectivity index (χ0n) is 10.5. The standard InChI is InChI=1S/C14H16N2O2/c1-8(2)12(14(16)18)11-7-5-4-6-10(11)9(3)13(15)17/h4-7H,3H2,1-2H3,(H2,15,17)(H2,16,18). The van der Waals surface area contributed by atoms with Gasteiger partial charge in [0.05, 0.1) is 0 Å². The van der Waals surface area contributed by atoms with E-state index in [4.69, 9.17) is 11.5 Å². The van der Waals surface area contributed by atoms with E-state index in [2.05, 4.69) is 6.58 Å². The first kappa shape index (κ1) is 13.7. The molecular formula is C14H16N2O2. The first-order valence-corrected chi connectivity index (χ1v) is 5.42. The van der Waals surface area contributed by atoms with E-state index in [1.54, 1.807) is 38.1 Å². The molecule has 0 atom stereocenters. The smallest absolute Gasteiger partial charge is 0.249 e. The Balaban J connectivity index is 3.52. The van der Waals surface area contributed by atoms with Gasteiger partial charge in [-0.3, -0.25) is 9.59 Å². The maximum absolute atomic E-state index is 11.5. The van der Waals surface area contributed by atoms with Gasteiger partial charge in [0.1, 0.15) is 0 Å². The van der Waals surface area contributed by atoms with Crippen LogP contribution in [0.15, 0.2) is 36.4 Å². The van der Waals surface area contributed by atoms with Crippen LogP contribution in [0.1, 0.15) is 25.0 Å². The molecule has 4 nitrogen and oxygen atoms in total. The lowest BCUT2D eigenvalue weighted by molar-refractivity contribution is -0.113. The first-order chi connectivity index (χ1) is 8.36. The van der Waals surface area contributed by atoms with Gasteiger partial charge < -0.3 is 11.5 Å². The van der Waals surface area contributed by atoms with Crippen LogP contribution >= 0.6 is 0 Å². The average Bonchev–Trinajstić information content (AvgIpc) is 2.27. The Morgan fingerprint density at radius 3 is 1.89 bits per heavy atom. The summed E-state index contributed by atoms with van der Waals surface area (Å²) in [5.74, 6) is -1.17. The minimum Gasteiger partial charge on any atom is -0.366 e. The highest BCUT2D eigenvalue weighted by atomic mass is 16.1. The Morgan fingerprint density at radius 2 is 1.50 bits per heavy atom. The number of amides is 2. The van der Waals surface area contributed by atoms with E-state index in [1.807, 2.05) is 0 Å². The Morgan fingerprint density at radius 1 is 1.00 bits per heavy atom. The number of hydrogen-bond donors (Lipinski definition) is 2. The molecule has 94 valence electrons. The second kappa shape index (κ2) is 5.31. The molecule has 2 amide bonds. The molecule has 1 aromatic rings. The fraction of sp³-hybridized carbons (Fsp3) is 0.143. The molecule has 1 rings (SSSR count). The van der Waals surface area contributed by atoms with Gasteiger partial charge in [0.2, 0.25) is 11.8 Å². The molecule has 0 spiro atoms. The minimum atomic E-state index is -0.625. The summed E-state index contributed by atoms with van der Waals surface area (Å²) in [6.45, 7) is 7.20. The number of nitrogens with two attached hydrogens (primary N) is 2. The number of carbonyl (C=O) groups is 2. The van der Waals surface area contributed by atoms with Gasteiger partial charge >= 0.3 is 0 Å². The van der Waals surface area contributed by atoms with Crippen molar-refractivity contribution in [2.45, 2.75) is 13.8 Å². The van der Waals surface area contributed by atoms with Crippen LogP contribution in [0.25, 0.3) is 11.1 Å². The first-order valence-electron chi connectivity index (χ1n) is 5.42. The van der Waals surface area contributed by atoms with Crippen molar-refractivity contribution in [3.8, 4) is 0 Å². The predicted octanol–water partition coefficient (Wildman–Crippen LogP) is 1.46. The molecule has 4 N–H and O–H groups in total. The van der Waals surface area contributed by atoms with Crippen molar-refractivity contribution >= 4 is 23.0 Å². The zero-order valence-corrected chi connectivity index (χ0v) is 10.5. The van der Waals surface area contributed by atoms with Gasteiger partial charge in [0, 0.05) is 11.1 Å². The van der Waals surface area contributed by atoms with Gasteiger partial charge in [-0.15, -0.1) is 0 Å². The summed E-state index contributed by atoms with van der Waals surface area (Å²) in [6.07, 6.45) is 0. The van der Waals surface area contributed by atoms with E-state index in [-0.39, 0.29) is 5.57 Å². The maximum atomic E-state index is 11.5. The average molecular weight is 244 g/mol. The van der Waals surface area contributed by atoms with Gasteiger partial charge in [-0.2, -0.15) is 0 Å². The van der Waals surface area contributed by atoms with Crippen molar-refractivity contribution in [2.24, 2.45) is 11.5 Å². The molecule has 0 aromatic heterocycles. The fourth-order valence-electron chi connectivity index (χ4n) is 1.75. The summed E-state index contributed by atoms with van der Waals surface area (Å²) in [5.41, 5.74) is 13.0. The van der Waals surface area contributed by atoms with Gasteiger partial charge in [-0.05, 0) is 25.0 Å². The van der Waals surface area contributed by atoms with Crippen molar-refractivity contribution in [1.29, 1.82) is 0 Å². The van der Waals surface area contributed by atoms with E-state index in [0.717, 1.165) is 5.57 Å². The molecule has 4 heteroatoms. The minimum absolute atomic E-state index is 0.158. The lowest BCUT2D eigenvalue weighted by Crippen LogP contribution is -2.17. The Kier molecular flexibility index (Phi) is 4.05. The number of hydrogen-bond acceptors (Lipinski definition) is 2. The molecule has 0 radical (unpaired) electrons. The monoisotopic (exact) mass is 244 g/mol. The van der Waals surface area contributed by atoms with Gasteiger partial charge in [0.25, 0.3) is 0 Å². The molecule has 0 unspecified atom stereocenters. The van der Waals surface area contributed by atoms with E-state index < -0.39 is 11.8 Å². The van der Waals surface area contributed by atoms with Gasteiger partial charge in [-0.1, -0.05) is 36.4 Å². The molecule has 0 aliphatic heterocycles. The summed E-state index contributed by atoms with van der Waals surface area (Å²) in [7, 11) is 0. The van der Waals surface area contributed by atoms with Crippen molar-refractivity contribution in [3.63, 3.8) is 0 Å². The molecular weight excluding hydrogens is 228 g/mol. The van der Waals surface area contributed by atoms with E-state index >= 15 is 0 Å². The molecule has 0 fully saturated rings. The van der Waals surface area contributed by atoms with E-state index in [9.17, 15) is 9.59 Å². The van der Waals surface area contributed by atoms with E-state index in [0.29, 0.717) is 16.7 Å². The highest BCUT2D eigenvalue weighted by molar-refractivity contribution is 6.24. The van der Waals surface area contributed by atoms with Crippen LogP contribution < -0.4 is 11.5 Å². The van der Waals surface area contributed by atoms with Crippen LogP contribution in [0.3, 0.4) is 0 Å². The Bertz CT molecular complexity index is 553. The van der Waals surface area contributed by atoms with Crippen LogP contribution in [0.5, 0.6) is 0 Å². The molecule has 0 aliphatic carbocycles. The summed E-state index contributed by atoms with van der Waals surface area (Å²) in [5, 5.41) is 0. The van der Waals surface area contributed by atoms with Crippen LogP contribution in [-0.4, -0.2) is 11.8 Å². The van der Waals surface area contributed by atoms with Gasteiger partial charge in [-0.25, -0.2) is 0 Å². The van der Waals surface area contributed by atoms with Gasteiger partial charge in [0.15, 0.2) is 0 Å². The van der Waals surface area contributed by atoms with Crippen molar-refractivity contribution in [3.05, 3.63) is 47.5 Å². The van der Waals surface area contributed by atoms with Crippen LogP contribution in [0, 0.1) is 0 Å². The second-order valence-corrected chi connectivity index (χ2v) is 4.13. The van der Waals surface area contributed by atoms with Crippen molar-refractivity contribution < 1.29 is 9.59 Å². The fourth-order valence-corrected chi connectivity index (χ4v) is 1.75. The quantitative estimate of drug-likeness (QED) is 0.786. The molecule has 0 heterocycles. The summed E-state index contributed by atoms with van der Waals surface area (Å²) in [4.78, 5) is 22.7. The third-order valence-corrected chi connectivity index (χ3v) is 2.57. The number of rotatable bonds is 4. The van der Waals surface area contributed by atoms with E-state index in [1.165, 1.54) is 0 Å². The molecule has 0 aliphatic rings. The number of carbonyl (C=O) groups excluding carboxylic acids is 2. The van der Waals surface area contributed by atoms with Crippen LogP contribution in [0.4, 0.5) is 0 Å². The molecule has 18 heavy (non-hydrogen) atoms. The lowest BCUT2D eigenvalue weighted by Gasteiger charge is -2.12. The topological polar surface area (TPSA) is 86.2 Å². The number of allylic oxidation sites excluding steroid dienone is 1. The summed E-state index contributed by atoms with van der Waals surface area (Å²) in [6, 6.07) is 6.92. The SMILES string of the molecule is C=C(C(N)=O)c1ccccc1C(C(N)=O)=C(C)C. The molecule has 0 saturated carbocycles. The Labute approximate surface area is 106 Å². The number of primary amides is 2. The van der Waals surface area contributed by atoms with Crippen molar-refractivity contribution in [2.75, 3.05) is 0 Å². The second-order valence-electron chi connectivity index (χ2n) is 4.13. The largest absolute Gasteiger partial charge is 0.366 e. The molecule has 1 aromatic carbocycles. The third-order valence-electron chi connectivity index (χ3n) is 2.57. The highest BCUT2D eigenvalue weighted by Crippen LogP contribution is 2.26. The summed E-state index contributed by atoms with van der Waals surface area (Å²) < 4.78 is 0. The predicted molar refractivity (Wildman–Crippen MR) is 72.1 cm³/mol. The van der Waals surface area contributed by atoms with Crippen LogP contribution in [-0.2, 0) is 9.59 Å². The summed E-state index contributed by atoms with van der Waals surface area (Å²) >= 11 is 0. The molecule has 0 saturated heterocycles. The Hall–Kier alpha value is -2.36.